The Balaban J connectivity index is 2.07. The highest BCUT2D eigenvalue weighted by molar-refractivity contribution is 6.33. The minimum atomic E-state index is -0.261. The Bertz CT molecular complexity index is 744. The van der Waals surface area contributed by atoms with E-state index in [4.69, 9.17) is 26.6 Å². The first kappa shape index (κ1) is 20.1. The van der Waals surface area contributed by atoms with Crippen LogP contribution >= 0.6 is 11.6 Å². The van der Waals surface area contributed by atoms with Crippen LogP contribution in [0.15, 0.2) is 22.7 Å². The van der Waals surface area contributed by atoms with Gasteiger partial charge >= 0.3 is 0 Å². The van der Waals surface area contributed by atoms with Crippen molar-refractivity contribution >= 4 is 23.2 Å². The Morgan fingerprint density at radius 2 is 2.08 bits per heavy atom. The average molecular weight is 381 g/mol. The number of anilines is 1. The number of nitrogens with zero attached hydrogens (tertiary/aromatic N) is 2. The van der Waals surface area contributed by atoms with Gasteiger partial charge < -0.3 is 25.2 Å². The van der Waals surface area contributed by atoms with Crippen molar-refractivity contribution in [1.29, 1.82) is 0 Å². The molecule has 7 nitrogen and oxygen atoms in total. The van der Waals surface area contributed by atoms with Gasteiger partial charge in [-0.15, -0.1) is 0 Å². The van der Waals surface area contributed by atoms with Crippen molar-refractivity contribution < 1.29 is 14.1 Å². The molecule has 2 rings (SSSR count). The van der Waals surface area contributed by atoms with E-state index in [-0.39, 0.29) is 12.5 Å². The van der Waals surface area contributed by atoms with E-state index in [9.17, 15) is 4.79 Å². The number of halogens is 1. The molecule has 3 N–H and O–H groups in total. The zero-order valence-corrected chi connectivity index (χ0v) is 16.1. The fraction of sp³-hybridized carbons (Fsp3) is 0.444. The molecule has 0 aliphatic rings. The highest BCUT2D eigenvalue weighted by atomic mass is 35.5. The number of amides is 1. The Morgan fingerprint density at radius 1 is 1.35 bits per heavy atom. The molecule has 1 heterocycles. The van der Waals surface area contributed by atoms with Crippen molar-refractivity contribution in [2.75, 3.05) is 31.9 Å². The summed E-state index contributed by atoms with van der Waals surface area (Å²) in [5.74, 6) is 0.646. The number of aromatic nitrogens is 1. The van der Waals surface area contributed by atoms with E-state index >= 15 is 0 Å². The molecule has 0 radical (unpaired) electrons. The number of benzene rings is 1. The molecule has 1 amide bonds. The van der Waals surface area contributed by atoms with Crippen LogP contribution < -0.4 is 15.8 Å². The quantitative estimate of drug-likeness (QED) is 0.650. The summed E-state index contributed by atoms with van der Waals surface area (Å²) in [6, 6.07) is 4.83. The van der Waals surface area contributed by atoms with Gasteiger partial charge in [0.15, 0.2) is 5.76 Å². The number of hydrogen-bond donors (Lipinski definition) is 2. The minimum absolute atomic E-state index is 0.141. The first-order valence-electron chi connectivity index (χ1n) is 8.59. The maximum atomic E-state index is 12.6. The van der Waals surface area contributed by atoms with E-state index < -0.39 is 0 Å². The second kappa shape index (κ2) is 9.45. The SMILES string of the molecule is CCN(CC)CCNC(=O)c1cc(Cl)c(N)cc1OCc1cc(C)no1. The third-order valence-corrected chi connectivity index (χ3v) is 4.33. The van der Waals surface area contributed by atoms with E-state index in [1.165, 1.54) is 6.07 Å². The van der Waals surface area contributed by atoms with Crippen LogP contribution in [0.5, 0.6) is 5.75 Å². The van der Waals surface area contributed by atoms with Crippen LogP contribution in [0.1, 0.15) is 35.7 Å². The van der Waals surface area contributed by atoms with Crippen molar-refractivity contribution in [3.8, 4) is 5.75 Å². The lowest BCUT2D eigenvalue weighted by molar-refractivity contribution is 0.0943. The van der Waals surface area contributed by atoms with Gasteiger partial charge in [-0.2, -0.15) is 0 Å². The molecule has 0 aliphatic carbocycles. The summed E-state index contributed by atoms with van der Waals surface area (Å²) in [6.07, 6.45) is 0. The summed E-state index contributed by atoms with van der Waals surface area (Å²) in [6.45, 7) is 9.31. The normalized spacial score (nSPS) is 11.0. The molecule has 2 aromatic rings. The molecule has 142 valence electrons. The lowest BCUT2D eigenvalue weighted by atomic mass is 10.1. The third-order valence-electron chi connectivity index (χ3n) is 4.00. The standard InChI is InChI=1S/C18H25ClN4O3/c1-4-23(5-2)7-6-21-18(24)14-9-15(19)16(20)10-17(14)25-11-13-8-12(3)22-26-13/h8-10H,4-7,11,20H2,1-3H3,(H,21,24). The highest BCUT2D eigenvalue weighted by Crippen LogP contribution is 2.29. The summed E-state index contributed by atoms with van der Waals surface area (Å²) >= 11 is 6.08. The lowest BCUT2D eigenvalue weighted by Crippen LogP contribution is -2.35. The molecule has 0 unspecified atom stereocenters. The second-order valence-electron chi connectivity index (χ2n) is 5.88. The number of ether oxygens (including phenoxy) is 1. The monoisotopic (exact) mass is 380 g/mol. The van der Waals surface area contributed by atoms with Crippen LogP contribution in [0.3, 0.4) is 0 Å². The molecule has 0 spiro atoms. The first-order chi connectivity index (χ1) is 12.4. The molecule has 0 bridgehead atoms. The van der Waals surface area contributed by atoms with Crippen LogP contribution in [-0.2, 0) is 6.61 Å². The summed E-state index contributed by atoms with van der Waals surface area (Å²) in [5, 5.41) is 7.01. The van der Waals surface area contributed by atoms with Gasteiger partial charge in [0.25, 0.3) is 5.91 Å². The summed E-state index contributed by atoms with van der Waals surface area (Å²) in [4.78, 5) is 14.8. The molecule has 0 atom stereocenters. The molecule has 0 fully saturated rings. The topological polar surface area (TPSA) is 93.6 Å². The zero-order valence-electron chi connectivity index (χ0n) is 15.3. The Hall–Kier alpha value is -2.25. The number of hydrogen-bond acceptors (Lipinski definition) is 6. The number of aryl methyl sites for hydroxylation is 1. The summed E-state index contributed by atoms with van der Waals surface area (Å²) in [7, 11) is 0. The van der Waals surface area contributed by atoms with Gasteiger partial charge in [0, 0.05) is 25.2 Å². The highest BCUT2D eigenvalue weighted by Gasteiger charge is 2.16. The van der Waals surface area contributed by atoms with E-state index in [2.05, 4.69) is 29.2 Å². The molecule has 0 aliphatic heterocycles. The van der Waals surface area contributed by atoms with Crippen LogP contribution in [0.4, 0.5) is 5.69 Å². The van der Waals surface area contributed by atoms with Crippen molar-refractivity contribution in [2.45, 2.75) is 27.4 Å². The van der Waals surface area contributed by atoms with Crippen molar-refractivity contribution in [2.24, 2.45) is 0 Å². The Morgan fingerprint density at radius 3 is 2.69 bits per heavy atom. The van der Waals surface area contributed by atoms with E-state index in [1.54, 1.807) is 12.1 Å². The van der Waals surface area contributed by atoms with Crippen molar-refractivity contribution in [3.05, 3.63) is 40.2 Å². The molecule has 0 saturated carbocycles. The fourth-order valence-electron chi connectivity index (χ4n) is 2.46. The second-order valence-corrected chi connectivity index (χ2v) is 6.28. The number of carbonyl (C=O) groups is 1. The predicted molar refractivity (Wildman–Crippen MR) is 102 cm³/mol. The lowest BCUT2D eigenvalue weighted by Gasteiger charge is -2.18. The predicted octanol–water partition coefficient (Wildman–Crippen LogP) is 2.87. The van der Waals surface area contributed by atoms with Crippen LogP contribution in [0, 0.1) is 6.92 Å². The van der Waals surface area contributed by atoms with Gasteiger partial charge in [-0.25, -0.2) is 0 Å². The number of nitrogen functional groups attached to an aromatic ring is 1. The number of nitrogens with two attached hydrogens (primary N) is 1. The van der Waals surface area contributed by atoms with Gasteiger partial charge in [0.2, 0.25) is 0 Å². The summed E-state index contributed by atoms with van der Waals surface area (Å²) in [5.41, 5.74) is 7.29. The van der Waals surface area contributed by atoms with E-state index in [0.29, 0.717) is 34.3 Å². The van der Waals surface area contributed by atoms with Gasteiger partial charge in [-0.05, 0) is 26.1 Å². The van der Waals surface area contributed by atoms with Gasteiger partial charge in [-0.1, -0.05) is 30.6 Å². The molecule has 1 aromatic heterocycles. The number of likely N-dealkylation sites (N-methyl/N-ethyl adjacent to an activating group) is 1. The van der Waals surface area contributed by atoms with Gasteiger partial charge in [-0.3, -0.25) is 4.79 Å². The molecular weight excluding hydrogens is 356 g/mol. The van der Waals surface area contributed by atoms with E-state index in [0.717, 1.165) is 25.3 Å². The Labute approximate surface area is 158 Å². The molecule has 0 saturated heterocycles. The molecule has 8 heteroatoms. The average Bonchev–Trinajstić information content (AvgIpc) is 3.04. The first-order valence-corrected chi connectivity index (χ1v) is 8.96. The number of nitrogens with one attached hydrogen (secondary N) is 1. The zero-order chi connectivity index (χ0) is 19.1. The van der Waals surface area contributed by atoms with E-state index in [1.807, 2.05) is 6.92 Å². The van der Waals surface area contributed by atoms with Gasteiger partial charge in [0.1, 0.15) is 12.4 Å². The summed E-state index contributed by atoms with van der Waals surface area (Å²) < 4.78 is 10.8. The molecule has 1 aromatic carbocycles. The minimum Gasteiger partial charge on any atom is -0.485 e. The van der Waals surface area contributed by atoms with Crippen molar-refractivity contribution in [3.63, 3.8) is 0 Å². The van der Waals surface area contributed by atoms with Crippen LogP contribution in [0.25, 0.3) is 0 Å². The molecular formula is C18H25ClN4O3. The largest absolute Gasteiger partial charge is 0.485 e. The number of rotatable bonds is 9. The van der Waals surface area contributed by atoms with Crippen molar-refractivity contribution in [1.82, 2.24) is 15.4 Å². The maximum absolute atomic E-state index is 12.6. The van der Waals surface area contributed by atoms with Crippen LogP contribution in [0.2, 0.25) is 5.02 Å². The number of carbonyl (C=O) groups excluding carboxylic acids is 1. The third kappa shape index (κ3) is 5.37. The smallest absolute Gasteiger partial charge is 0.255 e. The van der Waals surface area contributed by atoms with Crippen LogP contribution in [-0.4, -0.2) is 42.1 Å². The Kier molecular flexibility index (Phi) is 7.29. The maximum Gasteiger partial charge on any atom is 0.255 e. The fourth-order valence-corrected chi connectivity index (χ4v) is 2.63. The molecule has 26 heavy (non-hydrogen) atoms. The van der Waals surface area contributed by atoms with Gasteiger partial charge in [0.05, 0.1) is 22.0 Å².